The summed E-state index contributed by atoms with van der Waals surface area (Å²) in [5.41, 5.74) is 0. The molecular weight excluding hydrogens is 188 g/mol. The highest BCUT2D eigenvalue weighted by atomic mass is 16.7. The van der Waals surface area contributed by atoms with Gasteiger partial charge in [-0.15, -0.1) is 0 Å². The van der Waals surface area contributed by atoms with Crippen molar-refractivity contribution in [2.24, 2.45) is 0 Å². The zero-order chi connectivity index (χ0) is 11.4. The van der Waals surface area contributed by atoms with E-state index in [4.69, 9.17) is 9.47 Å². The zero-order valence-corrected chi connectivity index (χ0v) is 10.6. The number of ether oxygens (including phenoxy) is 2. The Morgan fingerprint density at radius 3 is 2.13 bits per heavy atom. The number of unbranched alkanes of at least 4 members (excludes halogenated alkanes) is 5. The van der Waals surface area contributed by atoms with E-state index < -0.39 is 0 Å². The molecule has 0 saturated carbocycles. The predicted molar refractivity (Wildman–Crippen MR) is 64.7 cm³/mol. The Balaban J connectivity index is 3.28. The van der Waals surface area contributed by atoms with Crippen LogP contribution in [0.15, 0.2) is 0 Å². The Morgan fingerprint density at radius 2 is 1.60 bits per heavy atom. The Hall–Kier alpha value is -0.0800. The van der Waals surface area contributed by atoms with Gasteiger partial charge in [-0.3, -0.25) is 0 Å². The first-order valence-corrected chi connectivity index (χ1v) is 6.39. The van der Waals surface area contributed by atoms with Crippen molar-refractivity contribution in [3.8, 4) is 0 Å². The molecule has 1 radical (unpaired) electrons. The van der Waals surface area contributed by atoms with E-state index in [0.29, 0.717) is 0 Å². The summed E-state index contributed by atoms with van der Waals surface area (Å²) in [6.07, 6.45) is 9.70. The van der Waals surface area contributed by atoms with Gasteiger partial charge in [0.15, 0.2) is 6.29 Å². The van der Waals surface area contributed by atoms with Gasteiger partial charge in [-0.2, -0.15) is 0 Å². The zero-order valence-electron chi connectivity index (χ0n) is 10.6. The number of hydrogen-bond acceptors (Lipinski definition) is 2. The molecule has 2 heteroatoms. The molecular formula is C13H27O2. The summed E-state index contributed by atoms with van der Waals surface area (Å²) < 4.78 is 10.9. The summed E-state index contributed by atoms with van der Waals surface area (Å²) in [5.74, 6) is 0. The smallest absolute Gasteiger partial charge is 0.157 e. The minimum atomic E-state index is -0.0221. The van der Waals surface area contributed by atoms with Crippen molar-refractivity contribution in [1.29, 1.82) is 0 Å². The lowest BCUT2D eigenvalue weighted by Crippen LogP contribution is -2.17. The summed E-state index contributed by atoms with van der Waals surface area (Å²) in [4.78, 5) is 0. The second kappa shape index (κ2) is 12.0. The lowest BCUT2D eigenvalue weighted by atomic mass is 10.1. The van der Waals surface area contributed by atoms with Crippen molar-refractivity contribution in [2.75, 3.05) is 13.2 Å². The van der Waals surface area contributed by atoms with E-state index >= 15 is 0 Å². The van der Waals surface area contributed by atoms with Crippen LogP contribution in [0.2, 0.25) is 0 Å². The molecule has 2 nitrogen and oxygen atoms in total. The molecule has 0 spiro atoms. The van der Waals surface area contributed by atoms with Gasteiger partial charge in [-0.1, -0.05) is 32.6 Å². The minimum Gasteiger partial charge on any atom is -0.353 e. The van der Waals surface area contributed by atoms with E-state index in [1.807, 2.05) is 13.8 Å². The highest BCUT2D eigenvalue weighted by molar-refractivity contribution is 4.66. The van der Waals surface area contributed by atoms with Crippen molar-refractivity contribution in [2.45, 2.75) is 65.6 Å². The van der Waals surface area contributed by atoms with Gasteiger partial charge in [0.2, 0.25) is 0 Å². The maximum atomic E-state index is 5.46. The topological polar surface area (TPSA) is 18.5 Å². The summed E-state index contributed by atoms with van der Waals surface area (Å²) in [6.45, 7) is 7.72. The molecule has 0 aromatic rings. The van der Waals surface area contributed by atoms with Crippen LogP contribution in [0.5, 0.6) is 0 Å². The first-order valence-electron chi connectivity index (χ1n) is 6.39. The van der Waals surface area contributed by atoms with Gasteiger partial charge < -0.3 is 9.47 Å². The Labute approximate surface area is 95.3 Å². The third-order valence-electron chi connectivity index (χ3n) is 2.33. The lowest BCUT2D eigenvalue weighted by Gasteiger charge is -2.16. The highest BCUT2D eigenvalue weighted by Gasteiger charge is 2.06. The normalized spacial score (nSPS) is 11.2. The van der Waals surface area contributed by atoms with Crippen LogP contribution in [-0.2, 0) is 9.47 Å². The van der Waals surface area contributed by atoms with Gasteiger partial charge >= 0.3 is 0 Å². The van der Waals surface area contributed by atoms with Crippen molar-refractivity contribution in [1.82, 2.24) is 0 Å². The van der Waals surface area contributed by atoms with Crippen LogP contribution < -0.4 is 0 Å². The molecule has 0 unspecified atom stereocenters. The molecule has 0 rings (SSSR count). The maximum absolute atomic E-state index is 5.46. The molecule has 0 amide bonds. The van der Waals surface area contributed by atoms with Crippen LogP contribution in [0.4, 0.5) is 0 Å². The quantitative estimate of drug-likeness (QED) is 0.384. The third kappa shape index (κ3) is 10.2. The largest absolute Gasteiger partial charge is 0.353 e. The van der Waals surface area contributed by atoms with E-state index in [1.54, 1.807) is 0 Å². The van der Waals surface area contributed by atoms with Crippen molar-refractivity contribution < 1.29 is 9.47 Å². The van der Waals surface area contributed by atoms with E-state index in [9.17, 15) is 0 Å². The average Bonchev–Trinajstić information content (AvgIpc) is 2.24. The maximum Gasteiger partial charge on any atom is 0.157 e. The molecule has 0 atom stereocenters. The van der Waals surface area contributed by atoms with Gasteiger partial charge in [-0.05, 0) is 26.7 Å². The Morgan fingerprint density at radius 1 is 0.933 bits per heavy atom. The fourth-order valence-electron chi connectivity index (χ4n) is 1.53. The van der Waals surface area contributed by atoms with Crippen molar-refractivity contribution in [3.63, 3.8) is 0 Å². The molecule has 0 N–H and O–H groups in total. The van der Waals surface area contributed by atoms with Crippen molar-refractivity contribution in [3.05, 3.63) is 6.42 Å². The summed E-state index contributed by atoms with van der Waals surface area (Å²) in [7, 11) is 0. The average molecular weight is 215 g/mol. The summed E-state index contributed by atoms with van der Waals surface area (Å²) in [5, 5.41) is 0. The van der Waals surface area contributed by atoms with Gasteiger partial charge in [0, 0.05) is 19.6 Å². The monoisotopic (exact) mass is 215 g/mol. The lowest BCUT2D eigenvalue weighted by molar-refractivity contribution is -0.135. The molecule has 0 saturated heterocycles. The van der Waals surface area contributed by atoms with Crippen LogP contribution in [-0.4, -0.2) is 19.5 Å². The standard InChI is InChI=1S/C13H27O2/c1-4-7-8-9-10-11-12-13(14-5-2)15-6-3/h11,13H,4-10,12H2,1-3H3. The molecule has 0 aromatic carbocycles. The van der Waals surface area contributed by atoms with E-state index in [1.165, 1.54) is 32.1 Å². The molecule has 15 heavy (non-hydrogen) atoms. The molecule has 0 heterocycles. The van der Waals surface area contributed by atoms with Gasteiger partial charge in [-0.25, -0.2) is 0 Å². The molecule has 0 aliphatic rings. The van der Waals surface area contributed by atoms with E-state index in [0.717, 1.165) is 19.6 Å². The summed E-state index contributed by atoms with van der Waals surface area (Å²) >= 11 is 0. The molecule has 0 aliphatic heterocycles. The summed E-state index contributed by atoms with van der Waals surface area (Å²) in [6, 6.07) is 0. The first-order chi connectivity index (χ1) is 7.35. The van der Waals surface area contributed by atoms with E-state index in [-0.39, 0.29) is 6.29 Å². The van der Waals surface area contributed by atoms with Gasteiger partial charge in [0.05, 0.1) is 0 Å². The van der Waals surface area contributed by atoms with Crippen LogP contribution in [0.1, 0.15) is 59.3 Å². The Bertz CT molecular complexity index is 109. The minimum absolute atomic E-state index is 0.0221. The third-order valence-corrected chi connectivity index (χ3v) is 2.33. The Kier molecular flexibility index (Phi) is 11.9. The molecule has 0 aliphatic carbocycles. The molecule has 0 bridgehead atoms. The van der Waals surface area contributed by atoms with Crippen LogP contribution in [0.3, 0.4) is 0 Å². The van der Waals surface area contributed by atoms with Gasteiger partial charge in [0.25, 0.3) is 0 Å². The fourth-order valence-corrected chi connectivity index (χ4v) is 1.53. The second-order valence-electron chi connectivity index (χ2n) is 3.71. The number of rotatable bonds is 11. The fraction of sp³-hybridized carbons (Fsp3) is 0.923. The highest BCUT2D eigenvalue weighted by Crippen LogP contribution is 2.10. The molecule has 0 fully saturated rings. The molecule has 0 aromatic heterocycles. The van der Waals surface area contributed by atoms with Crippen LogP contribution in [0, 0.1) is 6.42 Å². The van der Waals surface area contributed by atoms with E-state index in [2.05, 4.69) is 13.3 Å². The number of hydrogen-bond donors (Lipinski definition) is 0. The molecule has 91 valence electrons. The van der Waals surface area contributed by atoms with Crippen LogP contribution >= 0.6 is 0 Å². The van der Waals surface area contributed by atoms with Gasteiger partial charge in [0.1, 0.15) is 0 Å². The van der Waals surface area contributed by atoms with Crippen LogP contribution in [0.25, 0.3) is 0 Å². The second-order valence-corrected chi connectivity index (χ2v) is 3.71. The predicted octanol–water partition coefficient (Wildman–Crippen LogP) is 3.95. The first kappa shape index (κ1) is 14.9. The van der Waals surface area contributed by atoms with Crippen molar-refractivity contribution >= 4 is 0 Å². The SMILES string of the molecule is CCCCCC[CH]CC(OCC)OCC.